The average Bonchev–Trinajstić information content (AvgIpc) is 3.23. The molecule has 1 aliphatic rings. The van der Waals surface area contributed by atoms with Crippen LogP contribution >= 0.6 is 11.3 Å². The molecule has 144 valence electrons. The highest BCUT2D eigenvalue weighted by Crippen LogP contribution is 2.26. The largest absolute Gasteiger partial charge is 0.340 e. The Morgan fingerprint density at radius 2 is 1.93 bits per heavy atom. The van der Waals surface area contributed by atoms with E-state index in [-0.39, 0.29) is 0 Å². The second kappa shape index (κ2) is 7.98. The van der Waals surface area contributed by atoms with Crippen molar-refractivity contribution in [3.63, 3.8) is 0 Å². The number of hydrogen-bond acceptors (Lipinski definition) is 7. The lowest BCUT2D eigenvalue weighted by Gasteiger charge is -2.15. The molecule has 29 heavy (non-hydrogen) atoms. The highest BCUT2D eigenvalue weighted by atomic mass is 32.1. The number of rotatable bonds is 5. The summed E-state index contributed by atoms with van der Waals surface area (Å²) in [5.74, 6) is 1.30. The van der Waals surface area contributed by atoms with Gasteiger partial charge in [0.2, 0.25) is 5.95 Å². The van der Waals surface area contributed by atoms with E-state index in [9.17, 15) is 0 Å². The molecule has 0 amide bonds. The number of nitrogens with one attached hydrogen (secondary N) is 3. The summed E-state index contributed by atoms with van der Waals surface area (Å²) in [6.07, 6.45) is 5.05. The zero-order valence-electron chi connectivity index (χ0n) is 15.7. The smallest absolute Gasteiger partial charge is 0.229 e. The van der Waals surface area contributed by atoms with Gasteiger partial charge in [-0.2, -0.15) is 4.98 Å². The van der Waals surface area contributed by atoms with Crippen molar-refractivity contribution in [1.29, 1.82) is 0 Å². The molecular formula is C22H20N6S. The molecule has 5 rings (SSSR count). The summed E-state index contributed by atoms with van der Waals surface area (Å²) in [5.41, 5.74) is 7.44. The molecule has 6 nitrogen and oxygen atoms in total. The van der Waals surface area contributed by atoms with Crippen LogP contribution in [0.3, 0.4) is 0 Å². The summed E-state index contributed by atoms with van der Waals surface area (Å²) in [7, 11) is 0. The number of nitrogens with zero attached hydrogens (tertiary/aromatic N) is 3. The van der Waals surface area contributed by atoms with Crippen LogP contribution < -0.4 is 16.0 Å². The monoisotopic (exact) mass is 400 g/mol. The number of benzene rings is 2. The quantitative estimate of drug-likeness (QED) is 0.440. The molecule has 0 bridgehead atoms. The van der Waals surface area contributed by atoms with Crippen LogP contribution in [0, 0.1) is 0 Å². The Kier molecular flexibility index (Phi) is 4.90. The van der Waals surface area contributed by atoms with Crippen molar-refractivity contribution < 1.29 is 0 Å². The molecule has 0 saturated carbocycles. The van der Waals surface area contributed by atoms with Crippen LogP contribution in [0.15, 0.2) is 66.3 Å². The van der Waals surface area contributed by atoms with Crippen LogP contribution in [-0.4, -0.2) is 28.0 Å². The zero-order valence-corrected chi connectivity index (χ0v) is 16.5. The van der Waals surface area contributed by atoms with Crippen molar-refractivity contribution in [2.75, 3.05) is 23.7 Å². The summed E-state index contributed by atoms with van der Waals surface area (Å²) in [6.45, 7) is 1.95. The van der Waals surface area contributed by atoms with E-state index in [4.69, 9.17) is 0 Å². The Balaban J connectivity index is 1.34. The minimum Gasteiger partial charge on any atom is -0.340 e. The molecule has 2 aromatic heterocycles. The predicted octanol–water partition coefficient (Wildman–Crippen LogP) is 4.95. The molecule has 1 aliphatic heterocycles. The molecule has 4 aromatic rings. The Morgan fingerprint density at radius 1 is 0.966 bits per heavy atom. The van der Waals surface area contributed by atoms with Crippen molar-refractivity contribution in [3.05, 3.63) is 71.9 Å². The van der Waals surface area contributed by atoms with Crippen molar-refractivity contribution in [3.8, 4) is 0 Å². The average molecular weight is 401 g/mol. The topological polar surface area (TPSA) is 74.8 Å². The maximum atomic E-state index is 4.60. The predicted molar refractivity (Wildman–Crippen MR) is 120 cm³/mol. The number of thiazole rings is 1. The van der Waals surface area contributed by atoms with Gasteiger partial charge in [0.25, 0.3) is 0 Å². The summed E-state index contributed by atoms with van der Waals surface area (Å²) >= 11 is 1.63. The molecule has 2 aromatic carbocycles. The fourth-order valence-corrected chi connectivity index (χ4v) is 4.10. The molecule has 0 fully saturated rings. The van der Waals surface area contributed by atoms with Gasteiger partial charge in [-0.25, -0.2) is 9.97 Å². The van der Waals surface area contributed by atoms with Crippen LogP contribution in [0.1, 0.15) is 12.0 Å². The molecular weight excluding hydrogens is 380 g/mol. The van der Waals surface area contributed by atoms with Crippen LogP contribution in [0.5, 0.6) is 0 Å². The highest BCUT2D eigenvalue weighted by molar-refractivity contribution is 7.16. The molecule has 0 saturated heterocycles. The number of anilines is 4. The van der Waals surface area contributed by atoms with Crippen molar-refractivity contribution in [1.82, 2.24) is 20.3 Å². The van der Waals surface area contributed by atoms with E-state index < -0.39 is 0 Å². The van der Waals surface area contributed by atoms with Crippen LogP contribution in [-0.2, 0) is 0 Å². The lowest BCUT2D eigenvalue weighted by molar-refractivity contribution is 0.738. The second-order valence-corrected chi connectivity index (χ2v) is 7.70. The van der Waals surface area contributed by atoms with Gasteiger partial charge in [0, 0.05) is 24.1 Å². The van der Waals surface area contributed by atoms with Crippen molar-refractivity contribution >= 4 is 50.3 Å². The molecule has 0 aliphatic carbocycles. The summed E-state index contributed by atoms with van der Waals surface area (Å²) in [6, 6.07) is 16.4. The summed E-state index contributed by atoms with van der Waals surface area (Å²) < 4.78 is 1.14. The van der Waals surface area contributed by atoms with Gasteiger partial charge < -0.3 is 16.0 Å². The standard InChI is InChI=1S/C22H20N6S/c1-2-16(15-6-9-23-10-7-15)12-17(3-1)27-22-24-11-8-21(28-22)26-18-4-5-19-20(13-18)29-14-25-19/h1-6,8,11-14,23H,7,9-10H2,(H2,24,26,27,28). The normalized spacial score (nSPS) is 13.9. The van der Waals surface area contributed by atoms with Gasteiger partial charge in [0.1, 0.15) is 5.82 Å². The third kappa shape index (κ3) is 4.11. The Labute approximate surface area is 172 Å². The fourth-order valence-electron chi connectivity index (χ4n) is 3.38. The van der Waals surface area contributed by atoms with Gasteiger partial charge in [0.05, 0.1) is 15.7 Å². The van der Waals surface area contributed by atoms with Crippen LogP contribution in [0.2, 0.25) is 0 Å². The van der Waals surface area contributed by atoms with Gasteiger partial charge in [-0.15, -0.1) is 11.3 Å². The van der Waals surface area contributed by atoms with Gasteiger partial charge in [-0.1, -0.05) is 18.2 Å². The Bertz CT molecular complexity index is 1180. The summed E-state index contributed by atoms with van der Waals surface area (Å²) in [4.78, 5) is 13.3. The molecule has 0 spiro atoms. The first kappa shape index (κ1) is 17.8. The third-order valence-corrected chi connectivity index (χ3v) is 5.60. The molecule has 0 atom stereocenters. The molecule has 0 radical (unpaired) electrons. The van der Waals surface area contributed by atoms with E-state index in [1.54, 1.807) is 17.5 Å². The molecule has 7 heteroatoms. The maximum Gasteiger partial charge on any atom is 0.229 e. The number of hydrogen-bond donors (Lipinski definition) is 3. The van der Waals surface area contributed by atoms with Gasteiger partial charge in [0.15, 0.2) is 0 Å². The van der Waals surface area contributed by atoms with Gasteiger partial charge in [-0.3, -0.25) is 0 Å². The SMILES string of the molecule is C1=C(c2cccc(Nc3nccc(Nc4ccc5ncsc5c4)n3)c2)CCNC1. The van der Waals surface area contributed by atoms with E-state index in [0.29, 0.717) is 5.95 Å². The fraction of sp³-hybridized carbons (Fsp3) is 0.136. The highest BCUT2D eigenvalue weighted by Gasteiger charge is 2.07. The molecule has 3 heterocycles. The minimum atomic E-state index is 0.560. The number of fused-ring (bicyclic) bond motifs is 1. The first-order valence-electron chi connectivity index (χ1n) is 9.54. The third-order valence-electron chi connectivity index (χ3n) is 4.81. The van der Waals surface area contributed by atoms with E-state index in [1.807, 2.05) is 29.8 Å². The van der Waals surface area contributed by atoms with E-state index >= 15 is 0 Å². The van der Waals surface area contributed by atoms with Crippen LogP contribution in [0.4, 0.5) is 23.1 Å². The van der Waals surface area contributed by atoms with E-state index in [0.717, 1.165) is 46.9 Å². The summed E-state index contributed by atoms with van der Waals surface area (Å²) in [5, 5.41) is 10.0. The first-order valence-corrected chi connectivity index (χ1v) is 10.4. The first-order chi connectivity index (χ1) is 14.3. The van der Waals surface area contributed by atoms with E-state index in [1.165, 1.54) is 11.1 Å². The maximum absolute atomic E-state index is 4.60. The van der Waals surface area contributed by atoms with E-state index in [2.05, 4.69) is 61.2 Å². The lowest BCUT2D eigenvalue weighted by atomic mass is 10.00. The van der Waals surface area contributed by atoms with Crippen molar-refractivity contribution in [2.45, 2.75) is 6.42 Å². The van der Waals surface area contributed by atoms with Gasteiger partial charge >= 0.3 is 0 Å². The Hall–Kier alpha value is -3.29. The molecule has 3 N–H and O–H groups in total. The van der Waals surface area contributed by atoms with Gasteiger partial charge in [-0.05, 0) is 60.5 Å². The lowest BCUT2D eigenvalue weighted by Crippen LogP contribution is -2.20. The number of aromatic nitrogens is 3. The van der Waals surface area contributed by atoms with Crippen LogP contribution in [0.25, 0.3) is 15.8 Å². The zero-order chi connectivity index (χ0) is 19.5. The Morgan fingerprint density at radius 3 is 2.86 bits per heavy atom. The molecule has 0 unspecified atom stereocenters. The van der Waals surface area contributed by atoms with Crippen molar-refractivity contribution in [2.24, 2.45) is 0 Å². The second-order valence-electron chi connectivity index (χ2n) is 6.81. The minimum absolute atomic E-state index is 0.560.